The molecule has 0 spiro atoms. The third-order valence-corrected chi connectivity index (χ3v) is 4.28. The van der Waals surface area contributed by atoms with Gasteiger partial charge in [-0.25, -0.2) is 0 Å². The van der Waals surface area contributed by atoms with Gasteiger partial charge >= 0.3 is 0 Å². The predicted molar refractivity (Wildman–Crippen MR) is 79.8 cm³/mol. The van der Waals surface area contributed by atoms with E-state index in [2.05, 4.69) is 24.1 Å². The van der Waals surface area contributed by atoms with Crippen LogP contribution in [0.25, 0.3) is 0 Å². The van der Waals surface area contributed by atoms with Gasteiger partial charge in [-0.1, -0.05) is 26.7 Å². The number of nitrogens with one attached hydrogen (secondary N) is 2. The molecule has 21 heavy (non-hydrogen) atoms. The van der Waals surface area contributed by atoms with Gasteiger partial charge in [0.1, 0.15) is 11.8 Å². The SMILES string of the molecule is CCC(CC)[C@@H]1C[C@@H](NC(=O)c2cc(C#N)c[nH]2)CCO1. The maximum atomic E-state index is 12.2. The number of rotatable bonds is 5. The van der Waals surface area contributed by atoms with E-state index in [-0.39, 0.29) is 18.1 Å². The number of aromatic nitrogens is 1. The highest BCUT2D eigenvalue weighted by Crippen LogP contribution is 2.25. The van der Waals surface area contributed by atoms with Crippen LogP contribution in [-0.2, 0) is 4.74 Å². The minimum atomic E-state index is -0.147. The van der Waals surface area contributed by atoms with Crippen molar-refractivity contribution in [2.75, 3.05) is 6.61 Å². The average Bonchev–Trinajstić information content (AvgIpc) is 2.98. The molecule has 5 heteroatoms. The van der Waals surface area contributed by atoms with E-state index in [1.54, 1.807) is 12.3 Å². The summed E-state index contributed by atoms with van der Waals surface area (Å²) in [6.45, 7) is 5.06. The normalized spacial score (nSPS) is 22.0. The monoisotopic (exact) mass is 289 g/mol. The largest absolute Gasteiger partial charge is 0.378 e. The Kier molecular flexibility index (Phi) is 5.40. The molecule has 2 atom stereocenters. The first-order chi connectivity index (χ1) is 10.2. The Morgan fingerprint density at radius 3 is 2.95 bits per heavy atom. The van der Waals surface area contributed by atoms with Crippen molar-refractivity contribution >= 4 is 5.91 Å². The van der Waals surface area contributed by atoms with Gasteiger partial charge in [-0.15, -0.1) is 0 Å². The number of carbonyl (C=O) groups excluding carboxylic acids is 1. The molecule has 5 nitrogen and oxygen atoms in total. The third-order valence-electron chi connectivity index (χ3n) is 4.28. The van der Waals surface area contributed by atoms with Crippen molar-refractivity contribution in [2.45, 2.75) is 51.7 Å². The van der Waals surface area contributed by atoms with E-state index in [0.717, 1.165) is 25.7 Å². The summed E-state index contributed by atoms with van der Waals surface area (Å²) in [4.78, 5) is 15.0. The van der Waals surface area contributed by atoms with E-state index in [4.69, 9.17) is 10.00 Å². The van der Waals surface area contributed by atoms with Crippen molar-refractivity contribution in [3.8, 4) is 6.07 Å². The number of nitrogens with zero attached hydrogens (tertiary/aromatic N) is 1. The molecule has 1 fully saturated rings. The molecular weight excluding hydrogens is 266 g/mol. The lowest BCUT2D eigenvalue weighted by atomic mass is 9.89. The van der Waals surface area contributed by atoms with Crippen LogP contribution in [0, 0.1) is 17.2 Å². The fourth-order valence-corrected chi connectivity index (χ4v) is 2.96. The van der Waals surface area contributed by atoms with Crippen LogP contribution < -0.4 is 5.32 Å². The number of ether oxygens (including phenoxy) is 1. The lowest BCUT2D eigenvalue weighted by molar-refractivity contribution is -0.0337. The molecular formula is C16H23N3O2. The summed E-state index contributed by atoms with van der Waals surface area (Å²) in [5.41, 5.74) is 0.916. The second kappa shape index (κ2) is 7.28. The Bertz CT molecular complexity index is 514. The zero-order chi connectivity index (χ0) is 15.2. The van der Waals surface area contributed by atoms with E-state index < -0.39 is 0 Å². The van der Waals surface area contributed by atoms with Crippen LogP contribution in [0.15, 0.2) is 12.3 Å². The lowest BCUT2D eigenvalue weighted by Crippen LogP contribution is -2.44. The number of carbonyl (C=O) groups is 1. The van der Waals surface area contributed by atoms with Gasteiger partial charge in [-0.3, -0.25) is 4.79 Å². The van der Waals surface area contributed by atoms with Gasteiger partial charge in [-0.05, 0) is 24.8 Å². The first-order valence-electron chi connectivity index (χ1n) is 7.68. The van der Waals surface area contributed by atoms with Crippen molar-refractivity contribution in [2.24, 2.45) is 5.92 Å². The molecule has 0 unspecified atom stereocenters. The van der Waals surface area contributed by atoms with Crippen molar-refractivity contribution in [1.29, 1.82) is 5.26 Å². The molecule has 1 aromatic rings. The van der Waals surface area contributed by atoms with E-state index in [1.165, 1.54) is 0 Å². The van der Waals surface area contributed by atoms with Crippen molar-refractivity contribution in [3.05, 3.63) is 23.5 Å². The zero-order valence-electron chi connectivity index (χ0n) is 12.7. The molecule has 0 aromatic carbocycles. The Morgan fingerprint density at radius 1 is 1.57 bits per heavy atom. The summed E-state index contributed by atoms with van der Waals surface area (Å²) < 4.78 is 5.86. The Morgan fingerprint density at radius 2 is 2.33 bits per heavy atom. The highest BCUT2D eigenvalue weighted by molar-refractivity contribution is 5.93. The summed E-state index contributed by atoms with van der Waals surface area (Å²) in [7, 11) is 0. The van der Waals surface area contributed by atoms with Crippen molar-refractivity contribution < 1.29 is 9.53 Å². The highest BCUT2D eigenvalue weighted by atomic mass is 16.5. The summed E-state index contributed by atoms with van der Waals surface area (Å²) in [6, 6.07) is 3.73. The lowest BCUT2D eigenvalue weighted by Gasteiger charge is -2.34. The Hall–Kier alpha value is -1.80. The fraction of sp³-hybridized carbons (Fsp3) is 0.625. The maximum absolute atomic E-state index is 12.2. The topological polar surface area (TPSA) is 77.9 Å². The van der Waals surface area contributed by atoms with Crippen molar-refractivity contribution in [1.82, 2.24) is 10.3 Å². The molecule has 0 aliphatic carbocycles. The molecule has 0 bridgehead atoms. The molecule has 2 heterocycles. The van der Waals surface area contributed by atoms with Gasteiger partial charge in [0.15, 0.2) is 0 Å². The van der Waals surface area contributed by atoms with Gasteiger partial charge in [0.2, 0.25) is 0 Å². The van der Waals surface area contributed by atoms with Crippen LogP contribution in [-0.4, -0.2) is 29.6 Å². The van der Waals surface area contributed by atoms with Crippen LogP contribution in [0.1, 0.15) is 55.6 Å². The first kappa shape index (κ1) is 15.6. The molecule has 2 rings (SSSR count). The number of hydrogen-bond donors (Lipinski definition) is 2. The fourth-order valence-electron chi connectivity index (χ4n) is 2.96. The summed E-state index contributed by atoms with van der Waals surface area (Å²) in [5.74, 6) is 0.409. The molecule has 0 radical (unpaired) electrons. The summed E-state index contributed by atoms with van der Waals surface area (Å²) >= 11 is 0. The molecule has 1 aromatic heterocycles. The second-order valence-electron chi connectivity index (χ2n) is 5.59. The van der Waals surface area contributed by atoms with Crippen molar-refractivity contribution in [3.63, 3.8) is 0 Å². The minimum absolute atomic E-state index is 0.144. The van der Waals surface area contributed by atoms with Crippen LogP contribution in [0.5, 0.6) is 0 Å². The average molecular weight is 289 g/mol. The molecule has 114 valence electrons. The molecule has 1 aliphatic heterocycles. The van der Waals surface area contributed by atoms with Crippen LogP contribution in [0.2, 0.25) is 0 Å². The summed E-state index contributed by atoms with van der Waals surface area (Å²) in [6.07, 6.45) is 5.69. The number of nitriles is 1. The molecule has 0 saturated carbocycles. The van der Waals surface area contributed by atoms with E-state index >= 15 is 0 Å². The Balaban J connectivity index is 1.93. The van der Waals surface area contributed by atoms with Gasteiger partial charge in [0.25, 0.3) is 5.91 Å². The number of amides is 1. The minimum Gasteiger partial charge on any atom is -0.378 e. The smallest absolute Gasteiger partial charge is 0.267 e. The van der Waals surface area contributed by atoms with Gasteiger partial charge in [0.05, 0.1) is 11.7 Å². The van der Waals surface area contributed by atoms with Crippen LogP contribution >= 0.6 is 0 Å². The molecule has 1 saturated heterocycles. The van der Waals surface area contributed by atoms with E-state index in [0.29, 0.717) is 23.8 Å². The zero-order valence-corrected chi connectivity index (χ0v) is 12.7. The quantitative estimate of drug-likeness (QED) is 0.874. The number of hydrogen-bond acceptors (Lipinski definition) is 3. The third kappa shape index (κ3) is 3.85. The van der Waals surface area contributed by atoms with Crippen LogP contribution in [0.4, 0.5) is 0 Å². The van der Waals surface area contributed by atoms with E-state index in [1.807, 2.05) is 6.07 Å². The maximum Gasteiger partial charge on any atom is 0.267 e. The second-order valence-corrected chi connectivity index (χ2v) is 5.59. The van der Waals surface area contributed by atoms with Crippen LogP contribution in [0.3, 0.4) is 0 Å². The van der Waals surface area contributed by atoms with Gasteiger partial charge in [0, 0.05) is 18.8 Å². The number of H-pyrrole nitrogens is 1. The Labute approximate surface area is 125 Å². The van der Waals surface area contributed by atoms with Gasteiger partial charge < -0.3 is 15.0 Å². The standard InChI is InChI=1S/C16H23N3O2/c1-3-12(4-2)15-8-13(5-6-21-15)19-16(20)14-7-11(9-17)10-18-14/h7,10,12-13,15,18H,3-6,8H2,1-2H3,(H,19,20)/t13-,15-/m0/s1. The number of aromatic amines is 1. The predicted octanol–water partition coefficient (Wildman–Crippen LogP) is 2.60. The van der Waals surface area contributed by atoms with E-state index in [9.17, 15) is 4.79 Å². The van der Waals surface area contributed by atoms with Gasteiger partial charge in [-0.2, -0.15) is 5.26 Å². The summed E-state index contributed by atoms with van der Waals surface area (Å²) in [5, 5.41) is 11.8. The molecule has 1 amide bonds. The molecule has 2 N–H and O–H groups in total. The first-order valence-corrected chi connectivity index (χ1v) is 7.68. The molecule has 1 aliphatic rings. The highest BCUT2D eigenvalue weighted by Gasteiger charge is 2.28.